The maximum Gasteiger partial charge on any atom is 1.00 e. The number of anilines is 1. The summed E-state index contributed by atoms with van der Waals surface area (Å²) in [5.74, 6) is 0.512. The largest absolute Gasteiger partial charge is 1.00 e. The molecule has 0 spiro atoms. The van der Waals surface area contributed by atoms with Gasteiger partial charge in [-0.1, -0.05) is 41.5 Å². The van der Waals surface area contributed by atoms with E-state index in [1.807, 2.05) is 68.5 Å². The number of allylic oxidation sites excluding steroid dienone is 5. The van der Waals surface area contributed by atoms with E-state index in [0.29, 0.717) is 40.7 Å². The van der Waals surface area contributed by atoms with Crippen molar-refractivity contribution in [2.45, 2.75) is 48.8 Å². The zero-order valence-electron chi connectivity index (χ0n) is 28.7. The summed E-state index contributed by atoms with van der Waals surface area (Å²) in [6.07, 6.45) is 12.4. The van der Waals surface area contributed by atoms with Crippen LogP contribution in [0.1, 0.15) is 39.2 Å². The van der Waals surface area contributed by atoms with Crippen molar-refractivity contribution in [1.82, 2.24) is 0 Å². The molecule has 0 N–H and O–H groups in total. The number of unbranched alkanes of at least 4 members (excludes halogenated alkanes) is 1. The van der Waals surface area contributed by atoms with Gasteiger partial charge in [-0.25, -0.2) is 13.3 Å². The van der Waals surface area contributed by atoms with E-state index in [0.717, 1.165) is 42.0 Å². The van der Waals surface area contributed by atoms with Crippen LogP contribution in [0, 0.1) is 0 Å². The van der Waals surface area contributed by atoms with Gasteiger partial charge < -0.3 is 9.81 Å². The Kier molecular flexibility index (Phi) is 19.2. The van der Waals surface area contributed by atoms with Crippen LogP contribution in [0.2, 0.25) is 0 Å². The van der Waals surface area contributed by atoms with Gasteiger partial charge in [0.2, 0.25) is 11.6 Å². The molecular formula is C33H35N2Na2O10S3+. The first-order chi connectivity index (χ1) is 23.0. The van der Waals surface area contributed by atoms with E-state index < -0.39 is 20.4 Å². The number of para-hydroxylation sites is 1. The molecule has 256 valence electrons. The number of hydrogen-bond acceptors (Lipinski definition) is 12. The van der Waals surface area contributed by atoms with Crippen molar-refractivity contribution in [1.29, 1.82) is 0 Å². The van der Waals surface area contributed by atoms with Gasteiger partial charge in [0.25, 0.3) is 0 Å². The van der Waals surface area contributed by atoms with Crippen molar-refractivity contribution in [2.75, 3.05) is 24.3 Å². The summed E-state index contributed by atoms with van der Waals surface area (Å²) in [6, 6.07) is 15.8. The summed E-state index contributed by atoms with van der Waals surface area (Å²) < 4.78 is 49.2. The van der Waals surface area contributed by atoms with Gasteiger partial charge in [-0.2, -0.15) is 8.91 Å². The maximum atomic E-state index is 12.6. The van der Waals surface area contributed by atoms with Crippen LogP contribution in [0.15, 0.2) is 101 Å². The SMILES string of the molecule is COOOSCCCC[N+]1=C(/C=C/C=C/C=C/N(C(C)=O)c2ccccc2)C(C)(C)c2c1ccc1cc(SOO[O-])cc(S(=O)(=O)[O-])c21.[Na+].[Na+]. The summed E-state index contributed by atoms with van der Waals surface area (Å²) in [6.45, 7) is 6.03. The number of benzene rings is 3. The van der Waals surface area contributed by atoms with Crippen LogP contribution in [0.5, 0.6) is 0 Å². The topological polar surface area (TPSA) is 150 Å². The normalized spacial score (nSPS) is 14.0. The molecule has 0 aromatic heterocycles. The second kappa shape index (κ2) is 21.4. The minimum Gasteiger partial charge on any atom is -0.744 e. The second-order valence-corrected chi connectivity index (χ2v) is 13.9. The monoisotopic (exact) mass is 761 g/mol. The van der Waals surface area contributed by atoms with Crippen molar-refractivity contribution < 1.29 is 110 Å². The van der Waals surface area contributed by atoms with E-state index >= 15 is 0 Å². The van der Waals surface area contributed by atoms with Gasteiger partial charge in [0.05, 0.1) is 29.5 Å². The first kappa shape index (κ1) is 44.8. The van der Waals surface area contributed by atoms with Crippen LogP contribution in [0.3, 0.4) is 0 Å². The molecule has 1 aliphatic heterocycles. The molecule has 0 bridgehead atoms. The molecule has 0 saturated heterocycles. The minimum atomic E-state index is -4.95. The Morgan fingerprint density at radius 1 is 1.00 bits per heavy atom. The number of carbonyl (C=O) groups excluding carboxylic acids is 1. The maximum absolute atomic E-state index is 12.6. The molecule has 50 heavy (non-hydrogen) atoms. The summed E-state index contributed by atoms with van der Waals surface area (Å²) in [5, 5.41) is 19.1. The van der Waals surface area contributed by atoms with Crippen molar-refractivity contribution in [2.24, 2.45) is 0 Å². The zero-order chi connectivity index (χ0) is 34.7. The van der Waals surface area contributed by atoms with Gasteiger partial charge in [-0.15, -0.1) is 4.33 Å². The van der Waals surface area contributed by atoms with Crippen LogP contribution in [-0.4, -0.2) is 48.6 Å². The third-order valence-corrected chi connectivity index (χ3v) is 9.53. The van der Waals surface area contributed by atoms with Gasteiger partial charge in [-0.05, 0) is 62.1 Å². The van der Waals surface area contributed by atoms with Crippen LogP contribution in [-0.2, 0) is 44.0 Å². The van der Waals surface area contributed by atoms with Crippen LogP contribution < -0.4 is 69.3 Å². The van der Waals surface area contributed by atoms with Crippen LogP contribution in [0.25, 0.3) is 10.8 Å². The number of hydrogen-bond donors (Lipinski definition) is 0. The van der Waals surface area contributed by atoms with Gasteiger partial charge >= 0.3 is 59.1 Å². The first-order valence-corrected chi connectivity index (χ1v) is 17.8. The second-order valence-electron chi connectivity index (χ2n) is 11.0. The van der Waals surface area contributed by atoms with Crippen molar-refractivity contribution in [3.05, 3.63) is 96.7 Å². The Morgan fingerprint density at radius 2 is 1.72 bits per heavy atom. The molecule has 1 heterocycles. The molecule has 1 aliphatic rings. The van der Waals surface area contributed by atoms with E-state index in [-0.39, 0.29) is 69.9 Å². The number of fused-ring (bicyclic) bond motifs is 3. The molecule has 17 heteroatoms. The Labute approximate surface area is 345 Å². The number of amides is 1. The number of nitrogens with zero attached hydrogens (tertiary/aromatic N) is 2. The Bertz CT molecular complexity index is 1840. The molecule has 1 amide bonds. The van der Waals surface area contributed by atoms with Crippen LogP contribution in [0.4, 0.5) is 11.4 Å². The smallest absolute Gasteiger partial charge is 0.744 e. The number of carbonyl (C=O) groups is 1. The van der Waals surface area contributed by atoms with Gasteiger partial charge in [-0.3, -0.25) is 14.7 Å². The minimum absolute atomic E-state index is 0. The Hall–Kier alpha value is -1.35. The van der Waals surface area contributed by atoms with Crippen LogP contribution >= 0.6 is 24.1 Å². The van der Waals surface area contributed by atoms with Gasteiger partial charge in [0.15, 0.2) is 5.71 Å². The summed E-state index contributed by atoms with van der Waals surface area (Å²) >= 11 is 1.63. The van der Waals surface area contributed by atoms with Crippen molar-refractivity contribution >= 4 is 68.0 Å². The third kappa shape index (κ3) is 11.6. The molecular weight excluding hydrogens is 727 g/mol. The summed E-state index contributed by atoms with van der Waals surface area (Å²) in [7, 11) is -3.60. The summed E-state index contributed by atoms with van der Waals surface area (Å²) in [5.41, 5.74) is 2.35. The number of rotatable bonds is 17. The fourth-order valence-electron chi connectivity index (χ4n) is 5.56. The molecule has 0 aliphatic carbocycles. The molecule has 0 fully saturated rings. The molecule has 0 unspecified atom stereocenters. The van der Waals surface area contributed by atoms with E-state index in [4.69, 9.17) is 4.33 Å². The molecule has 3 aromatic rings. The van der Waals surface area contributed by atoms with Crippen molar-refractivity contribution in [3.63, 3.8) is 0 Å². The Morgan fingerprint density at radius 3 is 2.38 bits per heavy atom. The molecule has 0 saturated carbocycles. The van der Waals surface area contributed by atoms with Gasteiger partial charge in [0.1, 0.15) is 16.7 Å². The quantitative estimate of drug-likeness (QED) is 0.0266. The van der Waals surface area contributed by atoms with E-state index in [1.165, 1.54) is 20.1 Å². The molecule has 4 rings (SSSR count). The average molecular weight is 762 g/mol. The van der Waals surface area contributed by atoms with Gasteiger partial charge in [0, 0.05) is 71.0 Å². The summed E-state index contributed by atoms with van der Waals surface area (Å²) in [4.78, 5) is 18.0. The third-order valence-electron chi connectivity index (χ3n) is 7.51. The molecule has 12 nitrogen and oxygen atoms in total. The standard InChI is InChI=1S/C33H36N2O10S3.2Na/c1-24(36)34(26-14-8-7-9-15-26)19-11-6-5-10-16-30-33(2,3)32-28(35(30)20-12-13-21-46-45-43-41-4)18-17-25-22-27(47-44-42-37)23-29(31(25)32)48(38,39)40;;/h5-11,14-19,22-23H,12-13,20-21H2,1-4H3,(H-,37,38,39,40);;/q;2*+1/p-1. The average Bonchev–Trinajstić information content (AvgIpc) is 3.27. The zero-order valence-corrected chi connectivity index (χ0v) is 35.1. The predicted molar refractivity (Wildman–Crippen MR) is 181 cm³/mol. The molecule has 3 aromatic carbocycles. The van der Waals surface area contributed by atoms with E-state index in [2.05, 4.69) is 23.9 Å². The predicted octanol–water partition coefficient (Wildman–Crippen LogP) is -0.0241. The Balaban J connectivity index is 0.00000433. The van der Waals surface area contributed by atoms with Crippen molar-refractivity contribution in [3.8, 4) is 0 Å². The van der Waals surface area contributed by atoms with E-state index in [9.17, 15) is 23.0 Å². The fraction of sp³-hybridized carbons (Fsp3) is 0.273. The molecule has 0 radical (unpaired) electrons. The van der Waals surface area contributed by atoms with E-state index in [1.54, 1.807) is 35.4 Å². The first-order valence-electron chi connectivity index (χ1n) is 14.7. The molecule has 0 atom stereocenters. The fourth-order valence-corrected chi connectivity index (χ4v) is 7.31.